The zero-order valence-corrected chi connectivity index (χ0v) is 13.0. The summed E-state index contributed by atoms with van der Waals surface area (Å²) in [6.07, 6.45) is 3.74. The quantitative estimate of drug-likeness (QED) is 0.661. The fraction of sp³-hybridized carbons (Fsp3) is 0.231. The molecular formula is C13H10BrF2N5O. The Hall–Kier alpha value is -2.16. The molecule has 114 valence electrons. The van der Waals surface area contributed by atoms with E-state index in [2.05, 4.69) is 40.7 Å². The summed E-state index contributed by atoms with van der Waals surface area (Å²) in [6, 6.07) is 3.09. The summed E-state index contributed by atoms with van der Waals surface area (Å²) in [6.45, 7) is -1.02. The van der Waals surface area contributed by atoms with Crippen LogP contribution in [0, 0.1) is 6.92 Å². The lowest BCUT2D eigenvalue weighted by molar-refractivity contribution is -0.0506. The van der Waals surface area contributed by atoms with Crippen molar-refractivity contribution >= 4 is 21.7 Å². The first-order chi connectivity index (χ1) is 10.5. The molecule has 3 aromatic rings. The zero-order chi connectivity index (χ0) is 15.7. The van der Waals surface area contributed by atoms with Gasteiger partial charge < -0.3 is 4.74 Å². The van der Waals surface area contributed by atoms with E-state index in [9.17, 15) is 8.78 Å². The smallest absolute Gasteiger partial charge is 0.387 e. The third-order valence-electron chi connectivity index (χ3n) is 3.02. The van der Waals surface area contributed by atoms with Gasteiger partial charge in [0, 0.05) is 24.0 Å². The van der Waals surface area contributed by atoms with Crippen molar-refractivity contribution in [1.82, 2.24) is 24.6 Å². The molecular weight excluding hydrogens is 360 g/mol. The maximum Gasteiger partial charge on any atom is 0.387 e. The number of alkyl halides is 2. The van der Waals surface area contributed by atoms with Crippen LogP contribution in [0.5, 0.6) is 5.75 Å². The second-order valence-electron chi connectivity index (χ2n) is 4.50. The van der Waals surface area contributed by atoms with Crippen LogP contribution in [0.1, 0.15) is 17.0 Å². The number of aryl methyl sites for hydroxylation is 1. The van der Waals surface area contributed by atoms with Crippen molar-refractivity contribution < 1.29 is 13.5 Å². The third-order valence-corrected chi connectivity index (χ3v) is 3.59. The molecule has 0 bridgehead atoms. The van der Waals surface area contributed by atoms with Crippen LogP contribution in [0.3, 0.4) is 0 Å². The predicted molar refractivity (Wildman–Crippen MR) is 76.9 cm³/mol. The van der Waals surface area contributed by atoms with E-state index in [4.69, 9.17) is 0 Å². The third kappa shape index (κ3) is 3.03. The molecule has 0 fully saturated rings. The van der Waals surface area contributed by atoms with Gasteiger partial charge in [-0.1, -0.05) is 0 Å². The number of rotatable bonds is 4. The van der Waals surface area contributed by atoms with Gasteiger partial charge in [0.05, 0.1) is 0 Å². The van der Waals surface area contributed by atoms with Gasteiger partial charge in [-0.3, -0.25) is 0 Å². The summed E-state index contributed by atoms with van der Waals surface area (Å²) in [7, 11) is 0. The van der Waals surface area contributed by atoms with Gasteiger partial charge in [0.25, 0.3) is 5.78 Å². The van der Waals surface area contributed by atoms with Crippen molar-refractivity contribution in [3.8, 4) is 5.75 Å². The number of ether oxygens (including phenoxy) is 1. The predicted octanol–water partition coefficient (Wildman–Crippen LogP) is 2.78. The Morgan fingerprint density at radius 2 is 2.14 bits per heavy atom. The molecule has 0 saturated heterocycles. The van der Waals surface area contributed by atoms with Gasteiger partial charge in [0.2, 0.25) is 0 Å². The Morgan fingerprint density at radius 1 is 1.32 bits per heavy atom. The fourth-order valence-corrected chi connectivity index (χ4v) is 2.44. The van der Waals surface area contributed by atoms with Gasteiger partial charge in [0.15, 0.2) is 5.75 Å². The molecule has 0 spiro atoms. The molecule has 3 heterocycles. The van der Waals surface area contributed by atoms with Crippen molar-refractivity contribution in [2.75, 3.05) is 0 Å². The van der Waals surface area contributed by atoms with Crippen molar-refractivity contribution in [2.24, 2.45) is 0 Å². The molecule has 0 saturated carbocycles. The summed E-state index contributed by atoms with van der Waals surface area (Å²) in [4.78, 5) is 12.6. The van der Waals surface area contributed by atoms with Crippen LogP contribution in [-0.2, 0) is 6.42 Å². The second-order valence-corrected chi connectivity index (χ2v) is 5.25. The highest BCUT2D eigenvalue weighted by Crippen LogP contribution is 2.25. The molecule has 0 aliphatic carbocycles. The maximum absolute atomic E-state index is 12.2. The lowest BCUT2D eigenvalue weighted by Crippen LogP contribution is -2.05. The van der Waals surface area contributed by atoms with E-state index in [0.29, 0.717) is 17.9 Å². The summed E-state index contributed by atoms with van der Waals surface area (Å²) in [5.41, 5.74) is 2.42. The topological polar surface area (TPSA) is 65.2 Å². The standard InChI is InChI=1S/C13H10BrF2N5O/c1-7-8(5-21-13(19-7)17-6-18-21)4-9-2-3-10(11(14)20-9)22-12(15)16/h2-3,5-6,12H,4H2,1H3. The van der Waals surface area contributed by atoms with Crippen LogP contribution in [0.4, 0.5) is 8.78 Å². The minimum Gasteiger partial charge on any atom is -0.432 e. The van der Waals surface area contributed by atoms with E-state index in [1.165, 1.54) is 12.4 Å². The van der Waals surface area contributed by atoms with Crippen LogP contribution in [0.2, 0.25) is 0 Å². The van der Waals surface area contributed by atoms with Gasteiger partial charge in [-0.05, 0) is 40.5 Å². The number of halogens is 3. The normalized spacial score (nSPS) is 11.3. The van der Waals surface area contributed by atoms with Crippen molar-refractivity contribution in [1.29, 1.82) is 0 Å². The molecule has 0 amide bonds. The molecule has 9 heteroatoms. The number of nitrogens with zero attached hydrogens (tertiary/aromatic N) is 5. The van der Waals surface area contributed by atoms with Crippen LogP contribution in [0.15, 0.2) is 29.3 Å². The van der Waals surface area contributed by atoms with Crippen molar-refractivity contribution in [3.63, 3.8) is 0 Å². The van der Waals surface area contributed by atoms with Gasteiger partial charge >= 0.3 is 6.61 Å². The molecule has 0 aromatic carbocycles. The molecule has 0 atom stereocenters. The van der Waals surface area contributed by atoms with E-state index in [1.54, 1.807) is 10.6 Å². The van der Waals surface area contributed by atoms with Crippen LogP contribution in [-0.4, -0.2) is 31.2 Å². The molecule has 0 N–H and O–H groups in total. The minimum atomic E-state index is -2.88. The van der Waals surface area contributed by atoms with E-state index in [0.717, 1.165) is 11.3 Å². The Morgan fingerprint density at radius 3 is 2.86 bits per heavy atom. The Kier molecular flexibility index (Phi) is 3.97. The summed E-state index contributed by atoms with van der Waals surface area (Å²) in [5.74, 6) is 0.524. The van der Waals surface area contributed by atoms with Crippen LogP contribution < -0.4 is 4.74 Å². The molecule has 0 unspecified atom stereocenters. The Balaban J connectivity index is 1.88. The van der Waals surface area contributed by atoms with E-state index in [1.807, 2.05) is 13.1 Å². The molecule has 0 aliphatic rings. The number of hydrogen-bond donors (Lipinski definition) is 0. The number of hydrogen-bond acceptors (Lipinski definition) is 5. The van der Waals surface area contributed by atoms with Gasteiger partial charge in [-0.2, -0.15) is 18.9 Å². The number of aromatic nitrogens is 5. The molecule has 0 aliphatic heterocycles. The summed E-state index contributed by atoms with van der Waals surface area (Å²) < 4.78 is 30.6. The lowest BCUT2D eigenvalue weighted by Gasteiger charge is -2.09. The zero-order valence-electron chi connectivity index (χ0n) is 11.4. The van der Waals surface area contributed by atoms with Crippen molar-refractivity contribution in [2.45, 2.75) is 20.0 Å². The first-order valence-electron chi connectivity index (χ1n) is 6.29. The van der Waals surface area contributed by atoms with Crippen LogP contribution >= 0.6 is 15.9 Å². The Bertz CT molecular complexity index is 823. The van der Waals surface area contributed by atoms with E-state index >= 15 is 0 Å². The lowest BCUT2D eigenvalue weighted by atomic mass is 10.1. The van der Waals surface area contributed by atoms with Gasteiger partial charge in [-0.15, -0.1) is 0 Å². The molecule has 6 nitrogen and oxygen atoms in total. The van der Waals surface area contributed by atoms with E-state index in [-0.39, 0.29) is 10.4 Å². The largest absolute Gasteiger partial charge is 0.432 e. The molecule has 0 radical (unpaired) electrons. The van der Waals surface area contributed by atoms with E-state index < -0.39 is 6.61 Å². The number of pyridine rings is 1. The summed E-state index contributed by atoms with van der Waals surface area (Å²) in [5, 5.41) is 4.04. The molecule has 3 rings (SSSR count). The molecule has 3 aromatic heterocycles. The van der Waals surface area contributed by atoms with Gasteiger partial charge in [-0.25, -0.2) is 14.5 Å². The molecule has 22 heavy (non-hydrogen) atoms. The SMILES string of the molecule is Cc1nc2ncnn2cc1Cc1ccc(OC(F)F)c(Br)n1. The Labute approximate surface area is 132 Å². The minimum absolute atomic E-state index is 0.000301. The average molecular weight is 370 g/mol. The van der Waals surface area contributed by atoms with Gasteiger partial charge in [0.1, 0.15) is 10.9 Å². The second kappa shape index (κ2) is 5.91. The average Bonchev–Trinajstić information content (AvgIpc) is 2.89. The highest BCUT2D eigenvalue weighted by atomic mass is 79.9. The highest BCUT2D eigenvalue weighted by molar-refractivity contribution is 9.10. The first kappa shape index (κ1) is 14.8. The monoisotopic (exact) mass is 369 g/mol. The first-order valence-corrected chi connectivity index (χ1v) is 7.08. The van der Waals surface area contributed by atoms with Crippen molar-refractivity contribution in [3.05, 3.63) is 46.2 Å². The summed E-state index contributed by atoms with van der Waals surface area (Å²) >= 11 is 3.13. The maximum atomic E-state index is 12.2. The highest BCUT2D eigenvalue weighted by Gasteiger charge is 2.12. The van der Waals surface area contributed by atoms with Crippen LogP contribution in [0.25, 0.3) is 5.78 Å². The number of fused-ring (bicyclic) bond motifs is 1. The fourth-order valence-electron chi connectivity index (χ4n) is 1.99.